The maximum absolute atomic E-state index is 12.7. The molecule has 0 radical (unpaired) electrons. The Kier molecular flexibility index (Phi) is 2.97. The van der Waals surface area contributed by atoms with Crippen molar-refractivity contribution in [3.8, 4) is 0 Å². The molecule has 3 nitrogen and oxygen atoms in total. The van der Waals surface area contributed by atoms with Crippen LogP contribution < -0.4 is 11.5 Å². The van der Waals surface area contributed by atoms with E-state index in [2.05, 4.69) is 0 Å². The summed E-state index contributed by atoms with van der Waals surface area (Å²) >= 11 is 0. The minimum Gasteiger partial charge on any atom is -0.368 e. The maximum atomic E-state index is 12.7. The van der Waals surface area contributed by atoms with E-state index in [-0.39, 0.29) is 12.2 Å². The Balaban J connectivity index is 2.69. The van der Waals surface area contributed by atoms with Crippen LogP contribution in [0.2, 0.25) is 0 Å². The van der Waals surface area contributed by atoms with Gasteiger partial charge in [0.15, 0.2) is 0 Å². The third kappa shape index (κ3) is 2.83. The van der Waals surface area contributed by atoms with E-state index < -0.39 is 11.9 Å². The number of amides is 1. The Morgan fingerprint density at radius 1 is 1.54 bits per heavy atom. The molecule has 0 saturated heterocycles. The van der Waals surface area contributed by atoms with E-state index in [1.807, 2.05) is 0 Å². The number of hydrogen-bond donors (Lipinski definition) is 2. The highest BCUT2D eigenvalue weighted by Crippen LogP contribution is 2.05. The molecule has 0 aromatic heterocycles. The van der Waals surface area contributed by atoms with E-state index in [0.717, 1.165) is 0 Å². The lowest BCUT2D eigenvalue weighted by Crippen LogP contribution is -2.38. The molecule has 1 amide bonds. The number of rotatable bonds is 3. The lowest BCUT2D eigenvalue weighted by molar-refractivity contribution is -0.119. The molecule has 0 aliphatic rings. The summed E-state index contributed by atoms with van der Waals surface area (Å²) in [7, 11) is 0. The van der Waals surface area contributed by atoms with Crippen LogP contribution in [0.25, 0.3) is 0 Å². The van der Waals surface area contributed by atoms with Crippen molar-refractivity contribution in [2.24, 2.45) is 11.5 Å². The fourth-order valence-corrected chi connectivity index (χ4v) is 1.02. The molecule has 0 aliphatic heterocycles. The van der Waals surface area contributed by atoms with Crippen LogP contribution in [0.1, 0.15) is 5.56 Å². The summed E-state index contributed by atoms with van der Waals surface area (Å²) in [6.45, 7) is 0. The van der Waals surface area contributed by atoms with E-state index in [4.69, 9.17) is 11.5 Å². The van der Waals surface area contributed by atoms with Crippen molar-refractivity contribution >= 4 is 5.91 Å². The maximum Gasteiger partial charge on any atom is 0.234 e. The van der Waals surface area contributed by atoms with Gasteiger partial charge in [0.05, 0.1) is 6.04 Å². The van der Waals surface area contributed by atoms with Gasteiger partial charge in [-0.1, -0.05) is 12.1 Å². The number of carbonyl (C=O) groups is 1. The van der Waals surface area contributed by atoms with E-state index >= 15 is 0 Å². The molecule has 70 valence electrons. The lowest BCUT2D eigenvalue weighted by Gasteiger charge is -2.06. The number of carbonyl (C=O) groups excluding carboxylic acids is 1. The largest absolute Gasteiger partial charge is 0.368 e. The molecular formula is C9H11FN2O. The van der Waals surface area contributed by atoms with Gasteiger partial charge in [0.25, 0.3) is 0 Å². The van der Waals surface area contributed by atoms with Crippen molar-refractivity contribution in [2.75, 3.05) is 0 Å². The smallest absolute Gasteiger partial charge is 0.234 e. The molecule has 0 saturated carbocycles. The van der Waals surface area contributed by atoms with Crippen molar-refractivity contribution in [1.82, 2.24) is 0 Å². The van der Waals surface area contributed by atoms with Crippen LogP contribution >= 0.6 is 0 Å². The van der Waals surface area contributed by atoms with Crippen molar-refractivity contribution in [3.05, 3.63) is 35.6 Å². The normalized spacial score (nSPS) is 12.5. The van der Waals surface area contributed by atoms with Gasteiger partial charge < -0.3 is 11.5 Å². The third-order valence-electron chi connectivity index (χ3n) is 1.71. The number of primary amides is 1. The SMILES string of the molecule is NC(=O)[C@@H](N)Cc1cccc(F)c1. The molecule has 4 heteroatoms. The number of benzene rings is 1. The summed E-state index contributed by atoms with van der Waals surface area (Å²) in [4.78, 5) is 10.6. The molecule has 0 heterocycles. The molecule has 1 aromatic rings. The molecule has 0 aliphatic carbocycles. The van der Waals surface area contributed by atoms with Gasteiger partial charge in [-0.05, 0) is 24.1 Å². The van der Waals surface area contributed by atoms with Crippen LogP contribution in [0.3, 0.4) is 0 Å². The Morgan fingerprint density at radius 2 is 2.23 bits per heavy atom. The third-order valence-corrected chi connectivity index (χ3v) is 1.71. The highest BCUT2D eigenvalue weighted by atomic mass is 19.1. The van der Waals surface area contributed by atoms with Crippen LogP contribution in [-0.2, 0) is 11.2 Å². The van der Waals surface area contributed by atoms with Gasteiger partial charge in [0.2, 0.25) is 5.91 Å². The van der Waals surface area contributed by atoms with Crippen LogP contribution in [0, 0.1) is 5.82 Å². The van der Waals surface area contributed by atoms with Gasteiger partial charge in [-0.2, -0.15) is 0 Å². The highest BCUT2D eigenvalue weighted by molar-refractivity contribution is 5.79. The Bertz CT molecular complexity index is 314. The highest BCUT2D eigenvalue weighted by Gasteiger charge is 2.09. The molecule has 4 N–H and O–H groups in total. The Morgan fingerprint density at radius 3 is 2.77 bits per heavy atom. The first kappa shape index (κ1) is 9.67. The van der Waals surface area contributed by atoms with Crippen molar-refractivity contribution in [1.29, 1.82) is 0 Å². The van der Waals surface area contributed by atoms with E-state index in [9.17, 15) is 9.18 Å². The monoisotopic (exact) mass is 182 g/mol. The summed E-state index contributed by atoms with van der Waals surface area (Å²) in [5.74, 6) is -0.918. The van der Waals surface area contributed by atoms with E-state index in [1.54, 1.807) is 12.1 Å². The average Bonchev–Trinajstić information content (AvgIpc) is 2.04. The fourth-order valence-electron chi connectivity index (χ4n) is 1.02. The average molecular weight is 182 g/mol. The van der Waals surface area contributed by atoms with Gasteiger partial charge in [0.1, 0.15) is 5.82 Å². The Hall–Kier alpha value is -1.42. The first-order valence-corrected chi connectivity index (χ1v) is 3.89. The van der Waals surface area contributed by atoms with Gasteiger partial charge in [0, 0.05) is 0 Å². The molecule has 1 rings (SSSR count). The van der Waals surface area contributed by atoms with Crippen molar-refractivity contribution in [3.63, 3.8) is 0 Å². The summed E-state index contributed by atoms with van der Waals surface area (Å²) in [5.41, 5.74) is 11.0. The molecule has 1 atom stereocenters. The molecular weight excluding hydrogens is 171 g/mol. The first-order chi connectivity index (χ1) is 6.09. The molecule has 0 unspecified atom stereocenters. The molecule has 1 aromatic carbocycles. The molecule has 0 bridgehead atoms. The summed E-state index contributed by atoms with van der Waals surface area (Å²) in [5, 5.41) is 0. The van der Waals surface area contributed by atoms with Gasteiger partial charge in [-0.15, -0.1) is 0 Å². The topological polar surface area (TPSA) is 69.1 Å². The standard InChI is InChI=1S/C9H11FN2O/c10-7-3-1-2-6(4-7)5-8(11)9(12)13/h1-4,8H,5,11H2,(H2,12,13)/t8-/m0/s1. The quantitative estimate of drug-likeness (QED) is 0.700. The van der Waals surface area contributed by atoms with Gasteiger partial charge >= 0.3 is 0 Å². The van der Waals surface area contributed by atoms with Gasteiger partial charge in [-0.3, -0.25) is 4.79 Å². The second kappa shape index (κ2) is 4.00. The van der Waals surface area contributed by atoms with E-state index in [1.165, 1.54) is 12.1 Å². The second-order valence-corrected chi connectivity index (χ2v) is 2.84. The minimum absolute atomic E-state index is 0.271. The van der Waals surface area contributed by atoms with Crippen LogP contribution in [-0.4, -0.2) is 11.9 Å². The molecule has 0 fully saturated rings. The zero-order valence-electron chi connectivity index (χ0n) is 7.03. The minimum atomic E-state index is -0.748. The lowest BCUT2D eigenvalue weighted by atomic mass is 10.1. The fraction of sp³-hybridized carbons (Fsp3) is 0.222. The number of halogens is 1. The van der Waals surface area contributed by atoms with Crippen molar-refractivity contribution in [2.45, 2.75) is 12.5 Å². The van der Waals surface area contributed by atoms with Crippen LogP contribution in [0.5, 0.6) is 0 Å². The zero-order chi connectivity index (χ0) is 9.84. The van der Waals surface area contributed by atoms with Crippen molar-refractivity contribution < 1.29 is 9.18 Å². The molecule has 13 heavy (non-hydrogen) atoms. The number of nitrogens with two attached hydrogens (primary N) is 2. The summed E-state index contributed by atoms with van der Waals surface area (Å²) in [6.07, 6.45) is 0.271. The predicted molar refractivity (Wildman–Crippen MR) is 47.3 cm³/mol. The Labute approximate surface area is 75.5 Å². The van der Waals surface area contributed by atoms with E-state index in [0.29, 0.717) is 5.56 Å². The second-order valence-electron chi connectivity index (χ2n) is 2.84. The number of hydrogen-bond acceptors (Lipinski definition) is 2. The predicted octanol–water partition coefficient (Wildman–Crippen LogP) is 0.181. The zero-order valence-corrected chi connectivity index (χ0v) is 7.03. The van der Waals surface area contributed by atoms with Crippen LogP contribution in [0.4, 0.5) is 4.39 Å². The van der Waals surface area contributed by atoms with Crippen LogP contribution in [0.15, 0.2) is 24.3 Å². The van der Waals surface area contributed by atoms with Gasteiger partial charge in [-0.25, -0.2) is 4.39 Å². The molecule has 0 spiro atoms. The first-order valence-electron chi connectivity index (χ1n) is 3.89. The summed E-state index contributed by atoms with van der Waals surface area (Å²) in [6, 6.07) is 5.19. The summed E-state index contributed by atoms with van der Waals surface area (Å²) < 4.78 is 12.7.